The Balaban J connectivity index is 1.51. The number of anilines is 2. The standard InChI is InChI=1S/C23H27ClN6O4S/c24-19-14-17(28-11-3-1-2-9-26-10-13-28)4-6-22(19)35(33,34)18-8-12-29(16-18)23-7-5-21(30(31)32)20(15-25)27-23/h4-7,14,18,26H,1-3,8-13,16H2. The molecule has 4 rings (SSSR count). The lowest BCUT2D eigenvalue weighted by Crippen LogP contribution is -2.32. The van der Waals surface area contributed by atoms with Crippen LogP contribution in [-0.2, 0) is 9.84 Å². The SMILES string of the molecule is N#Cc1nc(N2CCC(S(=O)(=O)c3ccc(N4CCCCCNCC4)cc3Cl)C2)ccc1[N+](=O)[O-]. The molecule has 0 aliphatic carbocycles. The number of nitrogens with zero attached hydrogens (tertiary/aromatic N) is 5. The van der Waals surface area contributed by atoms with Crippen LogP contribution in [0.2, 0.25) is 5.02 Å². The van der Waals surface area contributed by atoms with Crippen LogP contribution in [0.15, 0.2) is 35.2 Å². The molecule has 2 aliphatic heterocycles. The first kappa shape index (κ1) is 25.2. The highest BCUT2D eigenvalue weighted by Crippen LogP contribution is 2.33. The van der Waals surface area contributed by atoms with Crippen LogP contribution in [-0.4, -0.2) is 62.8 Å². The summed E-state index contributed by atoms with van der Waals surface area (Å²) in [6, 6.07) is 9.54. The zero-order valence-corrected chi connectivity index (χ0v) is 20.8. The summed E-state index contributed by atoms with van der Waals surface area (Å²) >= 11 is 6.51. The van der Waals surface area contributed by atoms with Crippen LogP contribution in [0.1, 0.15) is 31.4 Å². The van der Waals surface area contributed by atoms with E-state index < -0.39 is 20.0 Å². The van der Waals surface area contributed by atoms with E-state index in [0.29, 0.717) is 18.8 Å². The van der Waals surface area contributed by atoms with Gasteiger partial charge in [-0.25, -0.2) is 13.4 Å². The van der Waals surface area contributed by atoms with Crippen molar-refractivity contribution in [3.05, 3.63) is 51.2 Å². The van der Waals surface area contributed by atoms with Gasteiger partial charge in [-0.1, -0.05) is 18.0 Å². The van der Waals surface area contributed by atoms with E-state index in [1.807, 2.05) is 6.07 Å². The summed E-state index contributed by atoms with van der Waals surface area (Å²) < 4.78 is 26.9. The molecule has 12 heteroatoms. The Morgan fingerprint density at radius 2 is 1.94 bits per heavy atom. The minimum Gasteiger partial charge on any atom is -0.370 e. The van der Waals surface area contributed by atoms with Crippen LogP contribution >= 0.6 is 11.6 Å². The fourth-order valence-electron chi connectivity index (χ4n) is 4.57. The van der Waals surface area contributed by atoms with Crippen molar-refractivity contribution in [2.24, 2.45) is 0 Å². The molecule has 1 unspecified atom stereocenters. The van der Waals surface area contributed by atoms with Crippen LogP contribution in [0, 0.1) is 21.4 Å². The van der Waals surface area contributed by atoms with Crippen molar-refractivity contribution in [1.82, 2.24) is 10.3 Å². The predicted molar refractivity (Wildman–Crippen MR) is 134 cm³/mol. The lowest BCUT2D eigenvalue weighted by atomic mass is 10.2. The lowest BCUT2D eigenvalue weighted by Gasteiger charge is -2.25. The molecule has 0 spiro atoms. The van der Waals surface area contributed by atoms with E-state index in [4.69, 9.17) is 11.6 Å². The molecule has 0 bridgehead atoms. The highest BCUT2D eigenvalue weighted by molar-refractivity contribution is 7.92. The van der Waals surface area contributed by atoms with Gasteiger partial charge in [0, 0.05) is 44.5 Å². The fourth-order valence-corrected chi connectivity index (χ4v) is 6.81. The van der Waals surface area contributed by atoms with Gasteiger partial charge in [0.25, 0.3) is 0 Å². The van der Waals surface area contributed by atoms with Crippen LogP contribution in [0.4, 0.5) is 17.2 Å². The van der Waals surface area contributed by atoms with Gasteiger partial charge in [-0.15, -0.1) is 0 Å². The van der Waals surface area contributed by atoms with Gasteiger partial charge in [0.1, 0.15) is 11.9 Å². The number of hydrogen-bond acceptors (Lipinski definition) is 9. The largest absolute Gasteiger partial charge is 0.370 e. The minimum absolute atomic E-state index is 0.103. The van der Waals surface area contributed by atoms with E-state index in [0.717, 1.165) is 51.1 Å². The Kier molecular flexibility index (Phi) is 7.74. The third kappa shape index (κ3) is 5.50. The second-order valence-corrected chi connectivity index (χ2v) is 11.3. The normalized spacial score (nSPS) is 19.5. The number of nitro groups is 1. The molecule has 0 radical (unpaired) electrons. The number of aromatic nitrogens is 1. The van der Waals surface area contributed by atoms with Crippen LogP contribution in [0.25, 0.3) is 0 Å². The van der Waals surface area contributed by atoms with Gasteiger partial charge in [0.05, 0.1) is 20.1 Å². The third-order valence-electron chi connectivity index (χ3n) is 6.50. The summed E-state index contributed by atoms with van der Waals surface area (Å²) in [5.41, 5.74) is 0.232. The van der Waals surface area contributed by atoms with Gasteiger partial charge in [-0.2, -0.15) is 5.26 Å². The quantitative estimate of drug-likeness (QED) is 0.468. The summed E-state index contributed by atoms with van der Waals surface area (Å²) in [7, 11) is -3.72. The maximum Gasteiger partial charge on any atom is 0.305 e. The molecule has 2 fully saturated rings. The summed E-state index contributed by atoms with van der Waals surface area (Å²) in [6.07, 6.45) is 3.72. The Labute approximate surface area is 209 Å². The molecule has 35 heavy (non-hydrogen) atoms. The number of pyridine rings is 1. The number of benzene rings is 1. The van der Waals surface area contributed by atoms with Crippen LogP contribution in [0.3, 0.4) is 0 Å². The smallest absolute Gasteiger partial charge is 0.305 e. The summed E-state index contributed by atoms with van der Waals surface area (Å²) in [5.74, 6) is 0.341. The number of nitriles is 1. The topological polar surface area (TPSA) is 132 Å². The van der Waals surface area contributed by atoms with Crippen molar-refractivity contribution in [3.63, 3.8) is 0 Å². The first-order valence-electron chi connectivity index (χ1n) is 11.6. The van der Waals surface area contributed by atoms with E-state index >= 15 is 0 Å². The summed E-state index contributed by atoms with van der Waals surface area (Å²) in [5, 5.41) is 23.2. The molecule has 0 saturated carbocycles. The van der Waals surface area contributed by atoms with Crippen molar-refractivity contribution in [2.45, 2.75) is 35.8 Å². The van der Waals surface area contributed by atoms with Crippen molar-refractivity contribution in [1.29, 1.82) is 5.26 Å². The molecular weight excluding hydrogens is 492 g/mol. The van der Waals surface area contributed by atoms with E-state index in [-0.39, 0.29) is 27.8 Å². The van der Waals surface area contributed by atoms with Gasteiger partial charge in [0.15, 0.2) is 9.84 Å². The first-order valence-corrected chi connectivity index (χ1v) is 13.5. The molecule has 2 aromatic rings. The van der Waals surface area contributed by atoms with Crippen molar-refractivity contribution in [2.75, 3.05) is 49.1 Å². The Morgan fingerprint density at radius 1 is 1.11 bits per heavy atom. The van der Waals surface area contributed by atoms with Crippen molar-refractivity contribution in [3.8, 4) is 6.07 Å². The number of sulfone groups is 1. The van der Waals surface area contributed by atoms with E-state index in [2.05, 4.69) is 15.2 Å². The highest BCUT2D eigenvalue weighted by atomic mass is 35.5. The first-order chi connectivity index (χ1) is 16.8. The number of hydrogen-bond donors (Lipinski definition) is 1. The number of halogens is 1. The van der Waals surface area contributed by atoms with Gasteiger partial charge >= 0.3 is 5.69 Å². The third-order valence-corrected chi connectivity index (χ3v) is 9.15. The molecule has 186 valence electrons. The van der Waals surface area contributed by atoms with Crippen molar-refractivity contribution >= 4 is 38.6 Å². The Morgan fingerprint density at radius 3 is 2.69 bits per heavy atom. The molecule has 10 nitrogen and oxygen atoms in total. The molecule has 0 amide bonds. The molecule has 1 aromatic heterocycles. The maximum absolute atomic E-state index is 13.4. The van der Waals surface area contributed by atoms with Gasteiger partial charge in [0.2, 0.25) is 5.69 Å². The molecule has 2 aliphatic rings. The second kappa shape index (κ2) is 10.8. The average molecular weight is 519 g/mol. The predicted octanol–water partition coefficient (Wildman–Crippen LogP) is 3.15. The van der Waals surface area contributed by atoms with Crippen LogP contribution < -0.4 is 15.1 Å². The maximum atomic E-state index is 13.4. The number of rotatable bonds is 5. The summed E-state index contributed by atoms with van der Waals surface area (Å²) in [4.78, 5) is 18.5. The Hall–Kier alpha value is -2.94. The van der Waals surface area contributed by atoms with Crippen LogP contribution in [0.5, 0.6) is 0 Å². The van der Waals surface area contributed by atoms with Gasteiger partial charge in [-0.3, -0.25) is 10.1 Å². The van der Waals surface area contributed by atoms with E-state index in [9.17, 15) is 23.8 Å². The van der Waals surface area contributed by atoms with E-state index in [1.54, 1.807) is 23.1 Å². The molecular formula is C23H27ClN6O4S. The molecule has 3 heterocycles. The molecule has 1 aromatic carbocycles. The Bertz CT molecular complexity index is 1240. The van der Waals surface area contributed by atoms with Gasteiger partial charge in [-0.05, 0) is 50.1 Å². The monoisotopic (exact) mass is 518 g/mol. The molecule has 1 N–H and O–H groups in total. The fraction of sp³-hybridized carbons (Fsp3) is 0.478. The second-order valence-electron chi connectivity index (χ2n) is 8.72. The van der Waals surface area contributed by atoms with Gasteiger partial charge < -0.3 is 15.1 Å². The summed E-state index contributed by atoms with van der Waals surface area (Å²) in [6.45, 7) is 4.16. The number of nitrogens with one attached hydrogen (secondary N) is 1. The minimum atomic E-state index is -3.72. The van der Waals surface area contributed by atoms with Crippen molar-refractivity contribution < 1.29 is 13.3 Å². The zero-order chi connectivity index (χ0) is 25.0. The molecule has 1 atom stereocenters. The zero-order valence-electron chi connectivity index (χ0n) is 19.2. The molecule has 2 saturated heterocycles. The lowest BCUT2D eigenvalue weighted by molar-refractivity contribution is -0.385. The van der Waals surface area contributed by atoms with E-state index in [1.165, 1.54) is 12.1 Å². The highest BCUT2D eigenvalue weighted by Gasteiger charge is 2.36. The average Bonchev–Trinajstić information content (AvgIpc) is 3.38.